The van der Waals surface area contributed by atoms with Crippen molar-refractivity contribution in [2.75, 3.05) is 6.54 Å². The second-order valence-corrected chi connectivity index (χ2v) is 5.94. The van der Waals surface area contributed by atoms with E-state index in [2.05, 4.69) is 29.6 Å². The lowest BCUT2D eigenvalue weighted by molar-refractivity contribution is -0.141. The number of hydrogen-bond donors (Lipinski definition) is 2. The van der Waals surface area contributed by atoms with Gasteiger partial charge in [0.1, 0.15) is 6.04 Å². The molecule has 0 radical (unpaired) electrons. The summed E-state index contributed by atoms with van der Waals surface area (Å²) in [6, 6.07) is 10.1. The highest BCUT2D eigenvalue weighted by Gasteiger charge is 2.45. The van der Waals surface area contributed by atoms with Gasteiger partial charge in [0.2, 0.25) is 0 Å². The van der Waals surface area contributed by atoms with Gasteiger partial charge in [-0.2, -0.15) is 0 Å². The third-order valence-electron chi connectivity index (χ3n) is 4.83. The van der Waals surface area contributed by atoms with Crippen molar-refractivity contribution in [1.29, 1.82) is 0 Å². The van der Waals surface area contributed by atoms with Crippen LogP contribution in [0.4, 0.5) is 0 Å². The molecule has 1 aliphatic heterocycles. The average molecular weight is 296 g/mol. The number of aliphatic carboxylic acids is 1. The Hall–Kier alpha value is -1.06. The molecule has 0 aromatic heterocycles. The zero-order chi connectivity index (χ0) is 13.2. The number of hydrogen-bond acceptors (Lipinski definition) is 2. The maximum atomic E-state index is 11.4. The van der Waals surface area contributed by atoms with Crippen LogP contribution in [0.25, 0.3) is 0 Å². The van der Waals surface area contributed by atoms with E-state index in [9.17, 15) is 9.90 Å². The molecule has 2 aliphatic rings. The van der Waals surface area contributed by atoms with E-state index in [0.717, 1.165) is 13.0 Å². The standard InChI is InChI=1S/C16H21NO2.ClH/c18-16(19)15-14-12(7-4-8-13(14)10-17-15)9-11-5-2-1-3-6-11;/h1-3,5-6,12-15,17H,4,7-10H2,(H,18,19);1H/t12-,13?,14?,15?;/m1./s1. The molecule has 2 fully saturated rings. The highest BCUT2D eigenvalue weighted by Crippen LogP contribution is 2.41. The van der Waals surface area contributed by atoms with Crippen molar-refractivity contribution in [2.24, 2.45) is 17.8 Å². The van der Waals surface area contributed by atoms with Crippen LogP contribution in [-0.4, -0.2) is 23.7 Å². The first-order chi connectivity index (χ1) is 9.25. The Morgan fingerprint density at radius 2 is 2.00 bits per heavy atom. The number of nitrogens with one attached hydrogen (secondary N) is 1. The monoisotopic (exact) mass is 295 g/mol. The van der Waals surface area contributed by atoms with Gasteiger partial charge in [-0.1, -0.05) is 36.8 Å². The first-order valence-electron chi connectivity index (χ1n) is 7.26. The Morgan fingerprint density at radius 3 is 2.70 bits per heavy atom. The summed E-state index contributed by atoms with van der Waals surface area (Å²) in [5.74, 6) is 0.708. The fourth-order valence-electron chi connectivity index (χ4n) is 4.02. The van der Waals surface area contributed by atoms with Crippen LogP contribution in [0.3, 0.4) is 0 Å². The molecule has 3 rings (SSSR count). The quantitative estimate of drug-likeness (QED) is 0.901. The van der Waals surface area contributed by atoms with Crippen LogP contribution in [0, 0.1) is 17.8 Å². The Bertz CT molecular complexity index is 451. The second kappa shape index (κ2) is 6.59. The number of benzene rings is 1. The zero-order valence-corrected chi connectivity index (χ0v) is 12.3. The number of carboxylic acids is 1. The minimum absolute atomic E-state index is 0. The molecule has 3 unspecified atom stereocenters. The number of carboxylic acid groups (broad SMARTS) is 1. The Morgan fingerprint density at radius 1 is 1.25 bits per heavy atom. The van der Waals surface area contributed by atoms with E-state index in [1.54, 1.807) is 0 Å². The maximum Gasteiger partial charge on any atom is 0.321 e. The van der Waals surface area contributed by atoms with Crippen LogP contribution < -0.4 is 5.32 Å². The molecule has 3 nitrogen and oxygen atoms in total. The first-order valence-corrected chi connectivity index (χ1v) is 7.26. The lowest BCUT2D eigenvalue weighted by Gasteiger charge is -2.35. The van der Waals surface area contributed by atoms with E-state index >= 15 is 0 Å². The minimum Gasteiger partial charge on any atom is -0.480 e. The highest BCUT2D eigenvalue weighted by atomic mass is 35.5. The smallest absolute Gasteiger partial charge is 0.321 e. The third-order valence-corrected chi connectivity index (χ3v) is 4.83. The van der Waals surface area contributed by atoms with Gasteiger partial charge >= 0.3 is 5.97 Å². The summed E-state index contributed by atoms with van der Waals surface area (Å²) in [7, 11) is 0. The van der Waals surface area contributed by atoms with E-state index in [4.69, 9.17) is 0 Å². The number of fused-ring (bicyclic) bond motifs is 1. The zero-order valence-electron chi connectivity index (χ0n) is 11.5. The van der Waals surface area contributed by atoms with Gasteiger partial charge in [0.25, 0.3) is 0 Å². The van der Waals surface area contributed by atoms with Crippen LogP contribution in [-0.2, 0) is 11.2 Å². The summed E-state index contributed by atoms with van der Waals surface area (Å²) >= 11 is 0. The molecule has 1 aliphatic carbocycles. The van der Waals surface area contributed by atoms with Crippen molar-refractivity contribution in [3.05, 3.63) is 35.9 Å². The molecule has 1 aromatic carbocycles. The molecule has 2 N–H and O–H groups in total. The third kappa shape index (κ3) is 2.99. The lowest BCUT2D eigenvalue weighted by atomic mass is 9.69. The van der Waals surface area contributed by atoms with E-state index in [-0.39, 0.29) is 18.4 Å². The molecule has 4 heteroatoms. The normalized spacial score (nSPS) is 32.2. The fourth-order valence-corrected chi connectivity index (χ4v) is 4.02. The molecule has 0 spiro atoms. The highest BCUT2D eigenvalue weighted by molar-refractivity contribution is 5.85. The summed E-state index contributed by atoms with van der Waals surface area (Å²) in [6.45, 7) is 0.882. The van der Waals surface area contributed by atoms with Gasteiger partial charge in [0.15, 0.2) is 0 Å². The van der Waals surface area contributed by atoms with E-state index < -0.39 is 5.97 Å². The van der Waals surface area contributed by atoms with Crippen molar-refractivity contribution in [1.82, 2.24) is 5.32 Å². The van der Waals surface area contributed by atoms with Gasteiger partial charge in [-0.15, -0.1) is 12.4 Å². The molecule has 1 aromatic rings. The minimum atomic E-state index is -0.674. The average Bonchev–Trinajstić information content (AvgIpc) is 2.85. The number of rotatable bonds is 3. The topological polar surface area (TPSA) is 49.3 Å². The molecule has 110 valence electrons. The number of carbonyl (C=O) groups is 1. The van der Waals surface area contributed by atoms with Crippen molar-refractivity contribution in [3.8, 4) is 0 Å². The van der Waals surface area contributed by atoms with E-state index in [0.29, 0.717) is 17.8 Å². The lowest BCUT2D eigenvalue weighted by Crippen LogP contribution is -2.41. The molecule has 0 amide bonds. The summed E-state index contributed by atoms with van der Waals surface area (Å²) in [6.07, 6.45) is 4.62. The summed E-state index contributed by atoms with van der Waals surface area (Å²) in [5, 5.41) is 12.6. The SMILES string of the molecule is Cl.O=C(O)C1NCC2CCC[C@H](Cc3ccccc3)C21. The van der Waals surface area contributed by atoms with Gasteiger partial charge in [-0.3, -0.25) is 4.79 Å². The van der Waals surface area contributed by atoms with Gasteiger partial charge < -0.3 is 10.4 Å². The predicted molar refractivity (Wildman–Crippen MR) is 81.1 cm³/mol. The van der Waals surface area contributed by atoms with Crippen molar-refractivity contribution in [2.45, 2.75) is 31.7 Å². The predicted octanol–water partition coefficient (Wildman–Crippen LogP) is 2.74. The Labute approximate surface area is 126 Å². The van der Waals surface area contributed by atoms with Gasteiger partial charge in [-0.05, 0) is 49.1 Å². The Balaban J connectivity index is 0.00000147. The van der Waals surface area contributed by atoms with Gasteiger partial charge in [0.05, 0.1) is 0 Å². The van der Waals surface area contributed by atoms with Crippen LogP contribution in [0.5, 0.6) is 0 Å². The molecule has 0 bridgehead atoms. The molecular weight excluding hydrogens is 274 g/mol. The van der Waals surface area contributed by atoms with Crippen LogP contribution >= 0.6 is 12.4 Å². The fraction of sp³-hybridized carbons (Fsp3) is 0.562. The molecule has 1 heterocycles. The van der Waals surface area contributed by atoms with Crippen molar-refractivity contribution >= 4 is 18.4 Å². The largest absolute Gasteiger partial charge is 0.480 e. The van der Waals surface area contributed by atoms with E-state index in [1.165, 1.54) is 24.8 Å². The Kier molecular flexibility index (Phi) is 5.06. The summed E-state index contributed by atoms with van der Waals surface area (Å²) in [4.78, 5) is 11.4. The molecule has 1 saturated heterocycles. The molecule has 4 atom stereocenters. The van der Waals surface area contributed by atoms with Crippen LogP contribution in [0.2, 0.25) is 0 Å². The van der Waals surface area contributed by atoms with E-state index in [1.807, 2.05) is 6.07 Å². The molecule has 20 heavy (non-hydrogen) atoms. The van der Waals surface area contributed by atoms with Gasteiger partial charge in [0, 0.05) is 0 Å². The van der Waals surface area contributed by atoms with Crippen molar-refractivity contribution in [3.63, 3.8) is 0 Å². The molecule has 1 saturated carbocycles. The summed E-state index contributed by atoms with van der Waals surface area (Å²) < 4.78 is 0. The van der Waals surface area contributed by atoms with Crippen molar-refractivity contribution < 1.29 is 9.90 Å². The second-order valence-electron chi connectivity index (χ2n) is 5.94. The maximum absolute atomic E-state index is 11.4. The first kappa shape index (κ1) is 15.3. The van der Waals surface area contributed by atoms with Crippen LogP contribution in [0.1, 0.15) is 24.8 Å². The summed E-state index contributed by atoms with van der Waals surface area (Å²) in [5.41, 5.74) is 1.34. The molecular formula is C16H22ClNO2. The van der Waals surface area contributed by atoms with Gasteiger partial charge in [-0.25, -0.2) is 0 Å². The van der Waals surface area contributed by atoms with Crippen LogP contribution in [0.15, 0.2) is 30.3 Å². The number of halogens is 1.